The number of carbonyl (C=O) groups is 1. The van der Waals surface area contributed by atoms with Crippen molar-refractivity contribution >= 4 is 18.3 Å². The molecule has 0 aliphatic carbocycles. The van der Waals surface area contributed by atoms with Gasteiger partial charge in [0.05, 0.1) is 11.8 Å². The molecule has 100 valence electrons. The third-order valence-electron chi connectivity index (χ3n) is 4.21. The molecule has 0 saturated carbocycles. The van der Waals surface area contributed by atoms with Crippen molar-refractivity contribution in [1.29, 1.82) is 0 Å². The average Bonchev–Trinajstić information content (AvgIpc) is 3.01. The Balaban J connectivity index is 0.00000120. The summed E-state index contributed by atoms with van der Waals surface area (Å²) >= 11 is 0. The zero-order chi connectivity index (χ0) is 11.7. The van der Waals surface area contributed by atoms with Crippen molar-refractivity contribution in [2.45, 2.75) is 19.3 Å². The van der Waals surface area contributed by atoms with E-state index in [9.17, 15) is 4.79 Å². The molecule has 5 heteroatoms. The second kappa shape index (κ2) is 5.33. The monoisotopic (exact) mass is 270 g/mol. The van der Waals surface area contributed by atoms with Crippen molar-refractivity contribution in [3.63, 3.8) is 0 Å². The van der Waals surface area contributed by atoms with Gasteiger partial charge in [0.1, 0.15) is 6.26 Å². The van der Waals surface area contributed by atoms with Gasteiger partial charge >= 0.3 is 0 Å². The van der Waals surface area contributed by atoms with Gasteiger partial charge < -0.3 is 14.6 Å². The Labute approximate surface area is 113 Å². The van der Waals surface area contributed by atoms with E-state index in [1.54, 1.807) is 12.3 Å². The fourth-order valence-electron chi connectivity index (χ4n) is 2.98. The molecule has 2 aliphatic rings. The summed E-state index contributed by atoms with van der Waals surface area (Å²) in [6.07, 6.45) is 6.61. The first kappa shape index (κ1) is 13.4. The van der Waals surface area contributed by atoms with Crippen LogP contribution >= 0.6 is 12.4 Å². The summed E-state index contributed by atoms with van der Waals surface area (Å²) in [5, 5.41) is 3.44. The van der Waals surface area contributed by atoms with Crippen LogP contribution in [0.25, 0.3) is 0 Å². The molecule has 3 rings (SSSR count). The molecule has 0 unspecified atom stereocenters. The van der Waals surface area contributed by atoms with Gasteiger partial charge in [-0.25, -0.2) is 0 Å². The number of carbonyl (C=O) groups excluding carboxylic acids is 1. The summed E-state index contributed by atoms with van der Waals surface area (Å²) in [5.41, 5.74) is 1.14. The number of piperidine rings is 1. The fourth-order valence-corrected chi connectivity index (χ4v) is 2.98. The lowest BCUT2D eigenvalue weighted by molar-refractivity contribution is 0.0607. The quantitative estimate of drug-likeness (QED) is 0.848. The van der Waals surface area contributed by atoms with Gasteiger partial charge in [0, 0.05) is 19.6 Å². The van der Waals surface area contributed by atoms with Gasteiger partial charge in [-0.05, 0) is 37.3 Å². The van der Waals surface area contributed by atoms with Crippen LogP contribution in [0.1, 0.15) is 29.6 Å². The lowest BCUT2D eigenvalue weighted by Crippen LogP contribution is -2.43. The minimum atomic E-state index is 0. The molecule has 0 radical (unpaired) electrons. The number of furan rings is 1. The van der Waals surface area contributed by atoms with Gasteiger partial charge in [0.2, 0.25) is 0 Å². The van der Waals surface area contributed by atoms with Gasteiger partial charge in [0.25, 0.3) is 5.91 Å². The predicted molar refractivity (Wildman–Crippen MR) is 71.0 cm³/mol. The highest BCUT2D eigenvalue weighted by atomic mass is 35.5. The Kier molecular flexibility index (Phi) is 3.97. The molecule has 1 aromatic heterocycles. The smallest absolute Gasteiger partial charge is 0.257 e. The second-order valence-corrected chi connectivity index (χ2v) is 5.23. The molecule has 1 N–H and O–H groups in total. The van der Waals surface area contributed by atoms with Crippen LogP contribution in [0.5, 0.6) is 0 Å². The van der Waals surface area contributed by atoms with Crippen LogP contribution in [0.2, 0.25) is 0 Å². The Morgan fingerprint density at radius 1 is 1.33 bits per heavy atom. The van der Waals surface area contributed by atoms with Crippen molar-refractivity contribution in [2.24, 2.45) is 5.41 Å². The van der Waals surface area contributed by atoms with Crippen LogP contribution in [-0.4, -0.2) is 37.0 Å². The molecular weight excluding hydrogens is 252 g/mol. The fraction of sp³-hybridized carbons (Fsp3) is 0.615. The zero-order valence-corrected chi connectivity index (χ0v) is 11.2. The lowest BCUT2D eigenvalue weighted by Gasteiger charge is -2.38. The van der Waals surface area contributed by atoms with Gasteiger partial charge in [-0.15, -0.1) is 12.4 Å². The molecular formula is C13H19ClN2O2. The number of amides is 1. The highest BCUT2D eigenvalue weighted by Crippen LogP contribution is 2.37. The number of halogens is 1. The summed E-state index contributed by atoms with van der Waals surface area (Å²) < 4.78 is 4.96. The number of nitrogens with one attached hydrogen (secondary N) is 1. The number of nitrogens with zero attached hydrogens (tertiary/aromatic N) is 1. The van der Waals surface area contributed by atoms with Gasteiger partial charge in [-0.1, -0.05) is 0 Å². The van der Waals surface area contributed by atoms with E-state index in [1.807, 2.05) is 4.90 Å². The first-order valence-electron chi connectivity index (χ1n) is 6.31. The van der Waals surface area contributed by atoms with E-state index < -0.39 is 0 Å². The van der Waals surface area contributed by atoms with Crippen LogP contribution < -0.4 is 5.32 Å². The lowest BCUT2D eigenvalue weighted by atomic mass is 9.78. The molecule has 0 atom stereocenters. The Morgan fingerprint density at radius 2 is 2.11 bits per heavy atom. The Hall–Kier alpha value is -1.00. The molecule has 4 nitrogen and oxygen atoms in total. The van der Waals surface area contributed by atoms with Crippen molar-refractivity contribution < 1.29 is 9.21 Å². The van der Waals surface area contributed by atoms with E-state index >= 15 is 0 Å². The Bertz CT molecular complexity index is 389. The van der Waals surface area contributed by atoms with Crippen LogP contribution in [0.4, 0.5) is 0 Å². The van der Waals surface area contributed by atoms with Gasteiger partial charge in [-0.2, -0.15) is 0 Å². The van der Waals surface area contributed by atoms with Gasteiger partial charge in [0.15, 0.2) is 0 Å². The maximum Gasteiger partial charge on any atom is 0.257 e. The van der Waals surface area contributed by atoms with Crippen LogP contribution in [0, 0.1) is 5.41 Å². The van der Waals surface area contributed by atoms with E-state index in [4.69, 9.17) is 4.42 Å². The number of hydrogen-bond acceptors (Lipinski definition) is 3. The van der Waals surface area contributed by atoms with E-state index in [2.05, 4.69) is 5.32 Å². The van der Waals surface area contributed by atoms with Crippen molar-refractivity contribution in [3.8, 4) is 0 Å². The standard InChI is InChI=1S/C13H18N2O2.ClH/c16-12(11-1-8-17-9-11)15-6-3-13(4-7-15)2-5-14-10-13;/h1,8-9,14H,2-7,10H2;1H. The van der Waals surface area contributed by atoms with E-state index in [1.165, 1.54) is 12.7 Å². The van der Waals surface area contributed by atoms with Crippen LogP contribution in [0.15, 0.2) is 23.0 Å². The minimum absolute atomic E-state index is 0. The molecule has 1 amide bonds. The number of hydrogen-bond donors (Lipinski definition) is 1. The molecule has 2 saturated heterocycles. The molecule has 2 fully saturated rings. The molecule has 3 heterocycles. The SMILES string of the molecule is Cl.O=C(c1ccoc1)N1CCC2(CCNC2)CC1. The molecule has 0 bridgehead atoms. The summed E-state index contributed by atoms with van der Waals surface area (Å²) in [6.45, 7) is 4.02. The van der Waals surface area contributed by atoms with Crippen molar-refractivity contribution in [1.82, 2.24) is 10.2 Å². The van der Waals surface area contributed by atoms with Crippen molar-refractivity contribution in [3.05, 3.63) is 24.2 Å². The van der Waals surface area contributed by atoms with Crippen molar-refractivity contribution in [2.75, 3.05) is 26.2 Å². The normalized spacial score (nSPS) is 21.9. The molecule has 1 aromatic rings. The topological polar surface area (TPSA) is 45.5 Å². The van der Waals surface area contributed by atoms with E-state index in [0.29, 0.717) is 11.0 Å². The highest BCUT2D eigenvalue weighted by molar-refractivity contribution is 5.93. The van der Waals surface area contributed by atoms with E-state index in [0.717, 1.165) is 39.0 Å². The average molecular weight is 271 g/mol. The zero-order valence-electron chi connectivity index (χ0n) is 10.4. The third-order valence-corrected chi connectivity index (χ3v) is 4.21. The van der Waals surface area contributed by atoms with Gasteiger partial charge in [-0.3, -0.25) is 4.79 Å². The molecule has 18 heavy (non-hydrogen) atoms. The summed E-state index contributed by atoms with van der Waals surface area (Å²) in [6, 6.07) is 1.74. The third kappa shape index (κ3) is 2.40. The largest absolute Gasteiger partial charge is 0.472 e. The number of likely N-dealkylation sites (tertiary alicyclic amines) is 1. The second-order valence-electron chi connectivity index (χ2n) is 5.23. The number of rotatable bonds is 1. The summed E-state index contributed by atoms with van der Waals surface area (Å²) in [4.78, 5) is 14.1. The maximum atomic E-state index is 12.1. The predicted octanol–water partition coefficient (Wildman–Crippen LogP) is 1.92. The first-order valence-corrected chi connectivity index (χ1v) is 6.31. The summed E-state index contributed by atoms with van der Waals surface area (Å²) in [5.74, 6) is 0.111. The van der Waals surface area contributed by atoms with Crippen LogP contribution in [-0.2, 0) is 0 Å². The summed E-state index contributed by atoms with van der Waals surface area (Å²) in [7, 11) is 0. The minimum Gasteiger partial charge on any atom is -0.472 e. The first-order chi connectivity index (χ1) is 8.29. The van der Waals surface area contributed by atoms with Crippen LogP contribution in [0.3, 0.4) is 0 Å². The molecule has 1 spiro atoms. The maximum absolute atomic E-state index is 12.1. The molecule has 2 aliphatic heterocycles. The molecule has 0 aromatic carbocycles. The van der Waals surface area contributed by atoms with E-state index in [-0.39, 0.29) is 18.3 Å². The highest BCUT2D eigenvalue weighted by Gasteiger charge is 2.38. The Morgan fingerprint density at radius 3 is 2.67 bits per heavy atom.